The lowest BCUT2D eigenvalue weighted by Gasteiger charge is -2.60. The van der Waals surface area contributed by atoms with Crippen molar-refractivity contribution in [1.82, 2.24) is 0 Å². The molecule has 0 saturated heterocycles. The molecule has 0 amide bonds. The number of hydrogen-bond acceptors (Lipinski definition) is 2. The third-order valence-corrected chi connectivity index (χ3v) is 10.1. The molecule has 5 fully saturated rings. The van der Waals surface area contributed by atoms with Crippen LogP contribution in [0, 0.1) is 45.8 Å². The van der Waals surface area contributed by atoms with Gasteiger partial charge in [0.15, 0.2) is 0 Å². The van der Waals surface area contributed by atoms with Gasteiger partial charge >= 0.3 is 0 Å². The third kappa shape index (κ3) is 1.50. The van der Waals surface area contributed by atoms with Crippen LogP contribution in [0.4, 0.5) is 0 Å². The molecule has 1 spiro atoms. The predicted octanol–water partition coefficient (Wildman–Crippen LogP) is 4.21. The summed E-state index contributed by atoms with van der Waals surface area (Å²) in [6.45, 7) is 6.74. The van der Waals surface area contributed by atoms with Gasteiger partial charge in [0.25, 0.3) is 0 Å². The molecule has 9 atom stereocenters. The second-order valence-electron chi connectivity index (χ2n) is 10.3. The number of Topliss-reactive ketones (excluding diaryl/α,β-unsaturated/α-hetero) is 1. The highest BCUT2D eigenvalue weighted by Crippen LogP contribution is 2.81. The zero-order valence-corrected chi connectivity index (χ0v) is 15.0. The Hall–Kier alpha value is -0.370. The van der Waals surface area contributed by atoms with Gasteiger partial charge in [-0.2, -0.15) is 0 Å². The first kappa shape index (κ1) is 14.9. The molecule has 0 radical (unpaired) electrons. The van der Waals surface area contributed by atoms with Crippen molar-refractivity contribution in [2.75, 3.05) is 0 Å². The first-order valence-electron chi connectivity index (χ1n) is 10.0. The first-order valence-corrected chi connectivity index (χ1v) is 10.0. The van der Waals surface area contributed by atoms with Crippen molar-refractivity contribution in [3.05, 3.63) is 0 Å². The minimum atomic E-state index is -0.0695. The van der Waals surface area contributed by atoms with Crippen molar-refractivity contribution in [1.29, 1.82) is 0 Å². The summed E-state index contributed by atoms with van der Waals surface area (Å²) in [4.78, 5) is 12.2. The summed E-state index contributed by atoms with van der Waals surface area (Å²) in [6.07, 6.45) is 9.83. The molecule has 5 aliphatic carbocycles. The molecule has 0 aromatic carbocycles. The van der Waals surface area contributed by atoms with E-state index in [0.29, 0.717) is 28.4 Å². The predicted molar refractivity (Wildman–Crippen MR) is 89.7 cm³/mol. The lowest BCUT2D eigenvalue weighted by Crippen LogP contribution is -2.56. The Balaban J connectivity index is 1.52. The van der Waals surface area contributed by atoms with Gasteiger partial charge in [-0.3, -0.25) is 4.79 Å². The van der Waals surface area contributed by atoms with Crippen molar-refractivity contribution in [3.8, 4) is 0 Å². The normalized spacial score (nSPS) is 63.0. The van der Waals surface area contributed by atoms with E-state index < -0.39 is 0 Å². The van der Waals surface area contributed by atoms with Crippen LogP contribution in [0.3, 0.4) is 0 Å². The smallest absolute Gasteiger partial charge is 0.133 e. The highest BCUT2D eigenvalue weighted by Gasteiger charge is 2.77. The number of aliphatic hydroxyl groups is 1. The zero-order chi connectivity index (χ0) is 16.2. The van der Waals surface area contributed by atoms with Crippen molar-refractivity contribution in [2.45, 2.75) is 78.2 Å². The van der Waals surface area contributed by atoms with Crippen molar-refractivity contribution < 1.29 is 9.90 Å². The zero-order valence-electron chi connectivity index (χ0n) is 15.0. The Morgan fingerprint density at radius 3 is 2.52 bits per heavy atom. The summed E-state index contributed by atoms with van der Waals surface area (Å²) in [5.41, 5.74) is 0.894. The molecule has 0 heterocycles. The molecule has 0 bridgehead atoms. The summed E-state index contributed by atoms with van der Waals surface area (Å²) in [6, 6.07) is 0. The molecule has 5 rings (SSSR count). The minimum Gasteiger partial charge on any atom is -0.393 e. The highest BCUT2D eigenvalue weighted by atomic mass is 16.3. The molecule has 5 saturated carbocycles. The average Bonchev–Trinajstić information content (AvgIpc) is 3.01. The van der Waals surface area contributed by atoms with Crippen LogP contribution < -0.4 is 0 Å². The van der Waals surface area contributed by atoms with Crippen molar-refractivity contribution in [3.63, 3.8) is 0 Å². The van der Waals surface area contributed by atoms with Gasteiger partial charge in [0.2, 0.25) is 0 Å². The monoisotopic (exact) mass is 316 g/mol. The molecule has 0 aliphatic heterocycles. The molecule has 0 aromatic heterocycles. The Labute approximate surface area is 140 Å². The Morgan fingerprint density at radius 2 is 1.83 bits per heavy atom. The molecule has 0 aromatic rings. The van der Waals surface area contributed by atoms with E-state index in [1.807, 2.05) is 6.92 Å². The molecule has 128 valence electrons. The average molecular weight is 316 g/mol. The van der Waals surface area contributed by atoms with Crippen molar-refractivity contribution >= 4 is 5.78 Å². The van der Waals surface area contributed by atoms with Gasteiger partial charge < -0.3 is 5.11 Å². The molecule has 5 aliphatic rings. The van der Waals surface area contributed by atoms with Gasteiger partial charge in [0, 0.05) is 11.3 Å². The fourth-order valence-corrected chi connectivity index (χ4v) is 8.98. The summed E-state index contributed by atoms with van der Waals surface area (Å²) >= 11 is 0. The fourth-order valence-electron chi connectivity index (χ4n) is 8.98. The topological polar surface area (TPSA) is 37.3 Å². The SMILES string of the molecule is CC(=O)[C@@H]1CC[C@@H]2[C@H]3C[C@@H](O)C45CC4CC[C@@]5(C)[C@H]3CC[C@@]21C. The number of ketones is 1. The van der Waals surface area contributed by atoms with E-state index in [0.717, 1.165) is 24.7 Å². The molecule has 23 heavy (non-hydrogen) atoms. The Kier molecular flexibility index (Phi) is 2.75. The summed E-state index contributed by atoms with van der Waals surface area (Å²) < 4.78 is 0. The number of fused-ring (bicyclic) bond motifs is 4. The molecule has 2 nitrogen and oxygen atoms in total. The molecule has 2 heteroatoms. The molecular weight excluding hydrogens is 284 g/mol. The van der Waals surface area contributed by atoms with E-state index in [1.54, 1.807) is 0 Å². The van der Waals surface area contributed by atoms with Crippen LogP contribution in [-0.4, -0.2) is 17.0 Å². The minimum absolute atomic E-state index is 0.0695. The lowest BCUT2D eigenvalue weighted by atomic mass is 9.45. The number of carbonyl (C=O) groups excluding carboxylic acids is 1. The maximum atomic E-state index is 12.2. The van der Waals surface area contributed by atoms with Crippen LogP contribution in [0.2, 0.25) is 0 Å². The van der Waals surface area contributed by atoms with Gasteiger partial charge in [0.1, 0.15) is 5.78 Å². The van der Waals surface area contributed by atoms with Crippen LogP contribution in [0.25, 0.3) is 0 Å². The summed E-state index contributed by atoms with van der Waals surface area (Å²) in [5.74, 6) is 3.68. The molecule has 1 N–H and O–H groups in total. The molecular formula is C21H32O2. The Morgan fingerprint density at radius 1 is 1.04 bits per heavy atom. The number of aliphatic hydroxyl groups excluding tert-OH is 1. The highest BCUT2D eigenvalue weighted by molar-refractivity contribution is 5.79. The fraction of sp³-hybridized carbons (Fsp3) is 0.952. The lowest BCUT2D eigenvalue weighted by molar-refractivity contribution is -0.153. The van der Waals surface area contributed by atoms with Gasteiger partial charge in [-0.25, -0.2) is 0 Å². The second kappa shape index (κ2) is 4.23. The maximum absolute atomic E-state index is 12.2. The van der Waals surface area contributed by atoms with Gasteiger partial charge in [-0.05, 0) is 92.8 Å². The first-order chi connectivity index (χ1) is 10.8. The van der Waals surface area contributed by atoms with Crippen LogP contribution in [0.1, 0.15) is 72.1 Å². The van der Waals surface area contributed by atoms with E-state index in [-0.39, 0.29) is 17.4 Å². The van der Waals surface area contributed by atoms with Crippen molar-refractivity contribution in [2.24, 2.45) is 45.8 Å². The summed E-state index contributed by atoms with van der Waals surface area (Å²) in [5, 5.41) is 11.1. The van der Waals surface area contributed by atoms with Crippen LogP contribution in [0.15, 0.2) is 0 Å². The second-order valence-corrected chi connectivity index (χ2v) is 10.3. The van der Waals surface area contributed by atoms with E-state index in [1.165, 1.54) is 38.5 Å². The number of carbonyl (C=O) groups is 1. The largest absolute Gasteiger partial charge is 0.393 e. The quantitative estimate of drug-likeness (QED) is 0.787. The third-order valence-electron chi connectivity index (χ3n) is 10.1. The van der Waals surface area contributed by atoms with Crippen LogP contribution in [0.5, 0.6) is 0 Å². The van der Waals surface area contributed by atoms with Gasteiger partial charge in [-0.1, -0.05) is 13.8 Å². The van der Waals surface area contributed by atoms with Crippen LogP contribution in [-0.2, 0) is 4.79 Å². The van der Waals surface area contributed by atoms with E-state index >= 15 is 0 Å². The van der Waals surface area contributed by atoms with Gasteiger partial charge in [-0.15, -0.1) is 0 Å². The maximum Gasteiger partial charge on any atom is 0.133 e. The van der Waals surface area contributed by atoms with E-state index in [9.17, 15) is 9.90 Å². The van der Waals surface area contributed by atoms with E-state index in [4.69, 9.17) is 0 Å². The number of hydrogen-bond donors (Lipinski definition) is 1. The van der Waals surface area contributed by atoms with E-state index in [2.05, 4.69) is 13.8 Å². The van der Waals surface area contributed by atoms with Gasteiger partial charge in [0.05, 0.1) is 6.10 Å². The number of rotatable bonds is 1. The molecule has 2 unspecified atom stereocenters. The Bertz CT molecular complexity index is 570. The van der Waals surface area contributed by atoms with Crippen LogP contribution >= 0.6 is 0 Å². The summed E-state index contributed by atoms with van der Waals surface area (Å²) in [7, 11) is 0. The standard InChI is InChI=1S/C21H32O2/c1-12(22)15-4-5-16-14-10-18(23)21-11-13(21)6-9-20(21,3)17(14)7-8-19(15,16)2/h13-18,23H,4-11H2,1-3H3/t13?,14-,15+,16-,17+,18-,19-,20+,21?/m1/s1.